The van der Waals surface area contributed by atoms with Gasteiger partial charge in [-0.3, -0.25) is 9.59 Å². The molecule has 3 rings (SSSR count). The normalized spacial score (nSPS) is 20.3. The van der Waals surface area contributed by atoms with Gasteiger partial charge in [0.1, 0.15) is 5.82 Å². The Balaban J connectivity index is 1.50. The van der Waals surface area contributed by atoms with Gasteiger partial charge in [-0.05, 0) is 12.5 Å². The van der Waals surface area contributed by atoms with Crippen molar-refractivity contribution in [2.45, 2.75) is 19.4 Å². The summed E-state index contributed by atoms with van der Waals surface area (Å²) in [6.07, 6.45) is 0.768. The van der Waals surface area contributed by atoms with Crippen LogP contribution in [0.2, 0.25) is 0 Å². The Bertz CT molecular complexity index is 697. The van der Waals surface area contributed by atoms with Gasteiger partial charge in [-0.15, -0.1) is 0 Å². The summed E-state index contributed by atoms with van der Waals surface area (Å²) in [5.41, 5.74) is 0.446. The van der Waals surface area contributed by atoms with Crippen LogP contribution in [0.5, 0.6) is 0 Å². The molecule has 2 fully saturated rings. The molecule has 0 aromatic heterocycles. The molecule has 2 aliphatic heterocycles. The van der Waals surface area contributed by atoms with Gasteiger partial charge in [0.2, 0.25) is 11.8 Å². The van der Waals surface area contributed by atoms with Crippen LogP contribution in [0.4, 0.5) is 9.18 Å². The van der Waals surface area contributed by atoms with Crippen LogP contribution < -0.4 is 10.6 Å². The van der Waals surface area contributed by atoms with Crippen LogP contribution in [0.3, 0.4) is 0 Å². The third-order valence-corrected chi connectivity index (χ3v) is 4.82. The number of amides is 4. The van der Waals surface area contributed by atoms with Crippen LogP contribution in [0.15, 0.2) is 24.3 Å². The minimum atomic E-state index is -0.351. The van der Waals surface area contributed by atoms with Gasteiger partial charge in [0, 0.05) is 51.3 Å². The standard InChI is InChI=1S/C18H23FN4O3/c19-15-4-2-1-3-13(15)11-23-12-14(5-6-16(23)24)17(25)20-7-9-22-10-8-21-18(22)26/h1-4,14H,5-12H2,(H,20,25)(H,21,26)/t14-/m0/s1. The number of rotatable bonds is 6. The van der Waals surface area contributed by atoms with Crippen LogP contribution in [-0.2, 0) is 16.1 Å². The summed E-state index contributed by atoms with van der Waals surface area (Å²) >= 11 is 0. The molecule has 2 heterocycles. The molecule has 8 heteroatoms. The number of hydrogen-bond acceptors (Lipinski definition) is 3. The molecule has 1 aromatic rings. The Kier molecular flexibility index (Phi) is 5.70. The third kappa shape index (κ3) is 4.30. The molecule has 1 atom stereocenters. The highest BCUT2D eigenvalue weighted by Crippen LogP contribution is 2.21. The number of nitrogens with one attached hydrogen (secondary N) is 2. The van der Waals surface area contributed by atoms with Crippen LogP contribution in [0.1, 0.15) is 18.4 Å². The lowest BCUT2D eigenvalue weighted by molar-refractivity contribution is -0.138. The average Bonchev–Trinajstić information content (AvgIpc) is 3.03. The zero-order valence-corrected chi connectivity index (χ0v) is 14.5. The van der Waals surface area contributed by atoms with Gasteiger partial charge in [-0.1, -0.05) is 18.2 Å². The van der Waals surface area contributed by atoms with E-state index < -0.39 is 0 Å². The fraction of sp³-hybridized carbons (Fsp3) is 0.500. The second kappa shape index (κ2) is 8.16. The number of carbonyl (C=O) groups excluding carboxylic acids is 3. The number of benzene rings is 1. The highest BCUT2D eigenvalue weighted by Gasteiger charge is 2.30. The van der Waals surface area contributed by atoms with Crippen LogP contribution >= 0.6 is 0 Å². The first-order valence-corrected chi connectivity index (χ1v) is 8.86. The summed E-state index contributed by atoms with van der Waals surface area (Å²) in [5.74, 6) is -0.857. The molecule has 2 aliphatic rings. The molecular weight excluding hydrogens is 339 g/mol. The van der Waals surface area contributed by atoms with Crippen molar-refractivity contribution in [2.75, 3.05) is 32.7 Å². The molecule has 4 amide bonds. The van der Waals surface area contributed by atoms with E-state index in [-0.39, 0.29) is 49.1 Å². The Morgan fingerprint density at radius 1 is 1.27 bits per heavy atom. The number of likely N-dealkylation sites (tertiary alicyclic amines) is 1. The topological polar surface area (TPSA) is 81.8 Å². The summed E-state index contributed by atoms with van der Waals surface area (Å²) in [4.78, 5) is 39.2. The number of urea groups is 1. The molecule has 0 saturated carbocycles. The molecule has 140 valence electrons. The van der Waals surface area contributed by atoms with Gasteiger partial charge in [0.15, 0.2) is 0 Å². The van der Waals surface area contributed by atoms with Gasteiger partial charge < -0.3 is 20.4 Å². The van der Waals surface area contributed by atoms with Crippen LogP contribution in [0, 0.1) is 11.7 Å². The van der Waals surface area contributed by atoms with E-state index in [0.717, 1.165) is 0 Å². The second-order valence-corrected chi connectivity index (χ2v) is 6.61. The van der Waals surface area contributed by atoms with Crippen LogP contribution in [0.25, 0.3) is 0 Å². The molecule has 7 nitrogen and oxygen atoms in total. The Hall–Kier alpha value is -2.64. The van der Waals surface area contributed by atoms with E-state index in [1.165, 1.54) is 6.07 Å². The molecule has 0 bridgehead atoms. The monoisotopic (exact) mass is 362 g/mol. The Labute approximate surface area is 151 Å². The summed E-state index contributed by atoms with van der Waals surface area (Å²) in [6.45, 7) is 2.56. The smallest absolute Gasteiger partial charge is 0.317 e. The van der Waals surface area contributed by atoms with E-state index in [1.54, 1.807) is 28.0 Å². The minimum Gasteiger partial charge on any atom is -0.354 e. The lowest BCUT2D eigenvalue weighted by atomic mass is 9.96. The fourth-order valence-corrected chi connectivity index (χ4v) is 3.30. The van der Waals surface area contributed by atoms with Crippen molar-refractivity contribution in [3.63, 3.8) is 0 Å². The zero-order chi connectivity index (χ0) is 18.5. The van der Waals surface area contributed by atoms with E-state index in [0.29, 0.717) is 38.2 Å². The Morgan fingerprint density at radius 3 is 2.81 bits per heavy atom. The number of piperidine rings is 1. The van der Waals surface area contributed by atoms with E-state index in [2.05, 4.69) is 10.6 Å². The lowest BCUT2D eigenvalue weighted by Crippen LogP contribution is -2.46. The van der Waals surface area contributed by atoms with Crippen molar-refractivity contribution < 1.29 is 18.8 Å². The third-order valence-electron chi connectivity index (χ3n) is 4.82. The SMILES string of the molecule is O=C(NCCN1CCNC1=O)[C@H]1CCC(=O)N(Cc2ccccc2F)C1. The molecule has 0 aliphatic carbocycles. The second-order valence-electron chi connectivity index (χ2n) is 6.61. The summed E-state index contributed by atoms with van der Waals surface area (Å²) < 4.78 is 13.8. The average molecular weight is 362 g/mol. The van der Waals surface area contributed by atoms with Gasteiger partial charge in [0.25, 0.3) is 0 Å². The summed E-state index contributed by atoms with van der Waals surface area (Å²) in [5, 5.41) is 5.55. The van der Waals surface area contributed by atoms with Gasteiger partial charge in [-0.25, -0.2) is 9.18 Å². The molecule has 1 aromatic carbocycles. The minimum absolute atomic E-state index is 0.0639. The molecule has 0 unspecified atom stereocenters. The maximum atomic E-state index is 13.8. The molecule has 26 heavy (non-hydrogen) atoms. The first-order valence-electron chi connectivity index (χ1n) is 8.86. The Morgan fingerprint density at radius 2 is 2.08 bits per heavy atom. The maximum absolute atomic E-state index is 13.8. The number of nitrogens with zero attached hydrogens (tertiary/aromatic N) is 2. The predicted octanol–water partition coefficient (Wildman–Crippen LogP) is 0.706. The number of halogens is 1. The van der Waals surface area contributed by atoms with Gasteiger partial charge >= 0.3 is 6.03 Å². The summed E-state index contributed by atoms with van der Waals surface area (Å²) in [7, 11) is 0. The first-order chi connectivity index (χ1) is 12.5. The number of hydrogen-bond donors (Lipinski definition) is 2. The van der Waals surface area contributed by atoms with E-state index >= 15 is 0 Å². The molecule has 2 saturated heterocycles. The highest BCUT2D eigenvalue weighted by atomic mass is 19.1. The largest absolute Gasteiger partial charge is 0.354 e. The van der Waals surface area contributed by atoms with Gasteiger partial charge in [-0.2, -0.15) is 0 Å². The molecular formula is C18H23FN4O3. The van der Waals surface area contributed by atoms with Crippen molar-refractivity contribution >= 4 is 17.8 Å². The molecule has 2 N–H and O–H groups in total. The van der Waals surface area contributed by atoms with E-state index in [4.69, 9.17) is 0 Å². The van der Waals surface area contributed by atoms with Crippen molar-refractivity contribution in [2.24, 2.45) is 5.92 Å². The quantitative estimate of drug-likeness (QED) is 0.782. The predicted molar refractivity (Wildman–Crippen MR) is 92.5 cm³/mol. The van der Waals surface area contributed by atoms with Crippen molar-refractivity contribution in [1.82, 2.24) is 20.4 Å². The zero-order valence-electron chi connectivity index (χ0n) is 14.5. The van der Waals surface area contributed by atoms with Gasteiger partial charge in [0.05, 0.1) is 5.92 Å². The highest BCUT2D eigenvalue weighted by molar-refractivity contribution is 5.84. The van der Waals surface area contributed by atoms with Crippen molar-refractivity contribution in [3.05, 3.63) is 35.6 Å². The van der Waals surface area contributed by atoms with Crippen LogP contribution in [-0.4, -0.2) is 60.4 Å². The maximum Gasteiger partial charge on any atom is 0.317 e. The first kappa shape index (κ1) is 18.2. The fourth-order valence-electron chi connectivity index (χ4n) is 3.30. The van der Waals surface area contributed by atoms with Crippen molar-refractivity contribution in [1.29, 1.82) is 0 Å². The molecule has 0 spiro atoms. The molecule has 0 radical (unpaired) electrons. The summed E-state index contributed by atoms with van der Waals surface area (Å²) in [6, 6.07) is 6.23. The van der Waals surface area contributed by atoms with E-state index in [1.807, 2.05) is 0 Å². The van der Waals surface area contributed by atoms with Crippen molar-refractivity contribution in [3.8, 4) is 0 Å². The number of carbonyl (C=O) groups is 3. The lowest BCUT2D eigenvalue weighted by Gasteiger charge is -2.32. The van der Waals surface area contributed by atoms with E-state index in [9.17, 15) is 18.8 Å².